The van der Waals surface area contributed by atoms with Gasteiger partial charge in [-0.3, -0.25) is 4.90 Å². The van der Waals surface area contributed by atoms with Crippen LogP contribution in [0.3, 0.4) is 0 Å². The van der Waals surface area contributed by atoms with Crippen LogP contribution >= 0.6 is 35.6 Å². The number of hydrogen-bond acceptors (Lipinski definition) is 6. The summed E-state index contributed by atoms with van der Waals surface area (Å²) >= 11 is 12.0. The summed E-state index contributed by atoms with van der Waals surface area (Å²) in [5.41, 5.74) is 0.535. The molecule has 0 radical (unpaired) electrons. The molecule has 0 aromatic heterocycles. The average molecular weight is 497 g/mol. The first kappa shape index (κ1) is 25.8. The van der Waals surface area contributed by atoms with Crippen LogP contribution in [0, 0.1) is 5.82 Å². The number of benzene rings is 2. The maximum Gasteiger partial charge on any atom is 0.203 e. The summed E-state index contributed by atoms with van der Waals surface area (Å²) in [6.45, 7) is 1.91. The van der Waals surface area contributed by atoms with E-state index in [1.54, 1.807) is 18.2 Å². The molecule has 10 heteroatoms. The van der Waals surface area contributed by atoms with Crippen molar-refractivity contribution in [2.24, 2.45) is 0 Å². The first-order valence-corrected chi connectivity index (χ1v) is 10.2. The lowest BCUT2D eigenvalue weighted by atomic mass is 10.1. The predicted molar refractivity (Wildman–Crippen MR) is 120 cm³/mol. The van der Waals surface area contributed by atoms with Crippen molar-refractivity contribution in [3.63, 3.8) is 0 Å². The molecule has 1 fully saturated rings. The molecule has 0 amide bonds. The number of halogens is 4. The van der Waals surface area contributed by atoms with Gasteiger partial charge in [-0.05, 0) is 24.3 Å². The van der Waals surface area contributed by atoms with Crippen LogP contribution in [0.2, 0.25) is 10.0 Å². The van der Waals surface area contributed by atoms with Gasteiger partial charge in [0.15, 0.2) is 11.5 Å². The van der Waals surface area contributed by atoms with Crippen molar-refractivity contribution in [2.75, 3.05) is 47.1 Å². The first-order valence-electron chi connectivity index (χ1n) is 9.43. The second-order valence-corrected chi connectivity index (χ2v) is 7.68. The van der Waals surface area contributed by atoms with Crippen molar-refractivity contribution in [1.82, 2.24) is 4.90 Å². The Morgan fingerprint density at radius 3 is 2.52 bits per heavy atom. The Morgan fingerprint density at radius 1 is 1.19 bits per heavy atom. The zero-order valence-corrected chi connectivity index (χ0v) is 19.5. The van der Waals surface area contributed by atoms with Crippen LogP contribution in [0.15, 0.2) is 30.3 Å². The molecule has 0 aliphatic carbocycles. The van der Waals surface area contributed by atoms with Gasteiger partial charge in [0.1, 0.15) is 18.5 Å². The Bertz CT molecular complexity index is 851. The lowest BCUT2D eigenvalue weighted by molar-refractivity contribution is -0.0461. The summed E-state index contributed by atoms with van der Waals surface area (Å²) in [6, 6.07) is 7.98. The number of aliphatic hydroxyl groups is 1. The largest absolute Gasteiger partial charge is 0.493 e. The van der Waals surface area contributed by atoms with Crippen LogP contribution in [0.4, 0.5) is 4.39 Å². The van der Waals surface area contributed by atoms with E-state index in [0.29, 0.717) is 54.1 Å². The molecule has 1 aliphatic rings. The van der Waals surface area contributed by atoms with E-state index in [1.165, 1.54) is 26.4 Å². The quantitative estimate of drug-likeness (QED) is 0.547. The summed E-state index contributed by atoms with van der Waals surface area (Å²) in [7, 11) is 3.08. The molecule has 31 heavy (non-hydrogen) atoms. The summed E-state index contributed by atoms with van der Waals surface area (Å²) in [5.74, 6) is 0.931. The smallest absolute Gasteiger partial charge is 0.203 e. The number of morpholine rings is 1. The van der Waals surface area contributed by atoms with Gasteiger partial charge >= 0.3 is 0 Å². The monoisotopic (exact) mass is 495 g/mol. The topological polar surface area (TPSA) is 60.4 Å². The highest BCUT2D eigenvalue weighted by Gasteiger charge is 2.26. The number of β-amino-alcohol motifs (C(OH)–C–C–N with tert-alkyl or cyclic N) is 1. The van der Waals surface area contributed by atoms with Crippen molar-refractivity contribution in [1.29, 1.82) is 0 Å². The highest BCUT2D eigenvalue weighted by Crippen LogP contribution is 2.37. The highest BCUT2D eigenvalue weighted by molar-refractivity contribution is 6.35. The fraction of sp³-hybridized carbons (Fsp3) is 0.429. The molecule has 1 aliphatic heterocycles. The molecule has 2 aromatic rings. The minimum atomic E-state index is -0.768. The standard InChI is InChI=1S/C21H24Cl2FNO5.ClH/c1-27-18-4-3-5-19(28-2)21(18)30-12-13(26)10-25-6-7-29-20(11-25)14-8-17(24)16(23)9-15(14)22;/h3-5,8-9,13,20,26H,6-7,10-12H2,1-2H3;1H. The summed E-state index contributed by atoms with van der Waals surface area (Å²) < 4.78 is 36.0. The molecule has 172 valence electrons. The number of nitrogens with zero attached hydrogens (tertiary/aromatic N) is 1. The summed E-state index contributed by atoms with van der Waals surface area (Å²) in [4.78, 5) is 2.02. The Morgan fingerprint density at radius 2 is 1.87 bits per heavy atom. The number of aliphatic hydroxyl groups excluding tert-OH is 1. The van der Waals surface area contributed by atoms with Crippen LogP contribution in [-0.2, 0) is 4.74 Å². The normalized spacial score (nSPS) is 17.5. The zero-order valence-electron chi connectivity index (χ0n) is 17.1. The SMILES string of the molecule is COc1cccc(OC)c1OCC(O)CN1CCOC(c2cc(F)c(Cl)cc2Cl)C1.Cl. The highest BCUT2D eigenvalue weighted by atomic mass is 35.5. The zero-order chi connectivity index (χ0) is 21.7. The molecule has 0 saturated carbocycles. The van der Waals surface area contributed by atoms with E-state index in [0.717, 1.165) is 0 Å². The molecule has 0 spiro atoms. The van der Waals surface area contributed by atoms with E-state index < -0.39 is 18.0 Å². The predicted octanol–water partition coefficient (Wildman–Crippen LogP) is 4.38. The van der Waals surface area contributed by atoms with Crippen molar-refractivity contribution in [3.8, 4) is 17.2 Å². The molecule has 2 atom stereocenters. The van der Waals surface area contributed by atoms with E-state index in [4.69, 9.17) is 42.1 Å². The summed E-state index contributed by atoms with van der Waals surface area (Å²) in [5, 5.41) is 10.8. The lowest BCUT2D eigenvalue weighted by Crippen LogP contribution is -2.43. The third kappa shape index (κ3) is 6.51. The van der Waals surface area contributed by atoms with Crippen molar-refractivity contribution in [3.05, 3.63) is 51.8 Å². The maximum atomic E-state index is 13.9. The fourth-order valence-corrected chi connectivity index (χ4v) is 3.84. The van der Waals surface area contributed by atoms with E-state index in [2.05, 4.69) is 0 Å². The van der Waals surface area contributed by atoms with Gasteiger partial charge in [0, 0.05) is 30.2 Å². The van der Waals surface area contributed by atoms with Crippen molar-refractivity contribution >= 4 is 35.6 Å². The maximum absolute atomic E-state index is 13.9. The first-order chi connectivity index (χ1) is 14.4. The number of methoxy groups -OCH3 is 2. The number of rotatable bonds is 8. The van der Waals surface area contributed by atoms with Crippen LogP contribution < -0.4 is 14.2 Å². The van der Waals surface area contributed by atoms with Crippen LogP contribution in [-0.4, -0.2) is 63.2 Å². The van der Waals surface area contributed by atoms with Gasteiger partial charge in [-0.25, -0.2) is 4.39 Å². The van der Waals surface area contributed by atoms with Gasteiger partial charge in [-0.2, -0.15) is 0 Å². The minimum absolute atomic E-state index is 0. The Hall–Kier alpha value is -1.48. The van der Waals surface area contributed by atoms with E-state index in [9.17, 15) is 9.50 Å². The molecule has 6 nitrogen and oxygen atoms in total. The Kier molecular flexibility index (Phi) is 9.93. The second-order valence-electron chi connectivity index (χ2n) is 6.86. The lowest BCUT2D eigenvalue weighted by Gasteiger charge is -2.34. The molecule has 2 aromatic carbocycles. The van der Waals surface area contributed by atoms with Gasteiger partial charge < -0.3 is 24.1 Å². The number of ether oxygens (including phenoxy) is 4. The number of hydrogen-bond donors (Lipinski definition) is 1. The molecule has 3 rings (SSSR count). The van der Waals surface area contributed by atoms with E-state index >= 15 is 0 Å². The molecule has 1 N–H and O–H groups in total. The van der Waals surface area contributed by atoms with Crippen LogP contribution in [0.5, 0.6) is 17.2 Å². The van der Waals surface area contributed by atoms with Gasteiger partial charge in [-0.1, -0.05) is 29.3 Å². The molecule has 1 heterocycles. The third-order valence-corrected chi connectivity index (χ3v) is 5.43. The Balaban J connectivity index is 0.00000341. The average Bonchev–Trinajstić information content (AvgIpc) is 2.74. The third-order valence-electron chi connectivity index (χ3n) is 4.81. The number of para-hydroxylation sites is 1. The second kappa shape index (κ2) is 11.9. The molecular formula is C21H25Cl3FNO5. The van der Waals surface area contributed by atoms with Crippen LogP contribution in [0.1, 0.15) is 11.7 Å². The van der Waals surface area contributed by atoms with Crippen molar-refractivity contribution < 1.29 is 28.4 Å². The Labute approximate surface area is 197 Å². The van der Waals surface area contributed by atoms with E-state index in [1.807, 2.05) is 4.90 Å². The van der Waals surface area contributed by atoms with Gasteiger partial charge in [0.05, 0.1) is 32.0 Å². The molecule has 1 saturated heterocycles. The molecular weight excluding hydrogens is 472 g/mol. The van der Waals surface area contributed by atoms with Gasteiger partial charge in [-0.15, -0.1) is 12.4 Å². The van der Waals surface area contributed by atoms with Crippen molar-refractivity contribution in [2.45, 2.75) is 12.2 Å². The summed E-state index contributed by atoms with van der Waals surface area (Å²) in [6.07, 6.45) is -1.18. The van der Waals surface area contributed by atoms with E-state index in [-0.39, 0.29) is 24.0 Å². The minimum Gasteiger partial charge on any atom is -0.493 e. The molecule has 2 unspecified atom stereocenters. The van der Waals surface area contributed by atoms with Gasteiger partial charge in [0.25, 0.3) is 0 Å². The van der Waals surface area contributed by atoms with Gasteiger partial charge in [0.2, 0.25) is 5.75 Å². The van der Waals surface area contributed by atoms with Crippen LogP contribution in [0.25, 0.3) is 0 Å². The fourth-order valence-electron chi connectivity index (χ4n) is 3.33. The molecule has 0 bridgehead atoms.